The molecule has 7 nitrogen and oxygen atoms in total. The minimum absolute atomic E-state index is 0.140. The summed E-state index contributed by atoms with van der Waals surface area (Å²) < 4.78 is 6.38. The van der Waals surface area contributed by atoms with Gasteiger partial charge in [0.1, 0.15) is 0 Å². The number of ether oxygens (including phenoxy) is 1. The van der Waals surface area contributed by atoms with Crippen LogP contribution in [0.3, 0.4) is 0 Å². The van der Waals surface area contributed by atoms with Crippen LogP contribution >= 0.6 is 0 Å². The molecule has 3 aliphatic heterocycles. The highest BCUT2D eigenvalue weighted by Crippen LogP contribution is 2.64. The Bertz CT molecular complexity index is 1200. The van der Waals surface area contributed by atoms with Crippen LogP contribution in [0.5, 0.6) is 0 Å². The predicted molar refractivity (Wildman–Crippen MR) is 110 cm³/mol. The van der Waals surface area contributed by atoms with Gasteiger partial charge in [0.25, 0.3) is 0 Å². The smallest absolute Gasteiger partial charge is 0.240 e. The molecule has 0 aliphatic carbocycles. The van der Waals surface area contributed by atoms with Crippen molar-refractivity contribution in [1.29, 1.82) is 10.5 Å². The second-order valence-corrected chi connectivity index (χ2v) is 8.62. The molecule has 7 heteroatoms. The van der Waals surface area contributed by atoms with E-state index in [4.69, 9.17) is 10.00 Å². The van der Waals surface area contributed by atoms with Crippen LogP contribution < -0.4 is 4.90 Å². The number of benzene rings is 2. The molecular weight excluding hydrogens is 394 g/mol. The van der Waals surface area contributed by atoms with Crippen molar-refractivity contribution in [1.82, 2.24) is 0 Å². The Morgan fingerprint density at radius 3 is 2.26 bits per heavy atom. The standard InChI is InChI=1S/C24H21N3O4/c25-12-3-8-23-9-10-24(31-23,11-13-28)20-19(23)21(29)27(22(20)30)18-7-6-15(14-26)16-4-1-2-5-17(16)18/h1-2,4-7,19-20,28H,3,8-11,13H2/t19-,20?,23-,24?/m1/s1. The maximum atomic E-state index is 13.7. The summed E-state index contributed by atoms with van der Waals surface area (Å²) in [5.41, 5.74) is -0.782. The molecule has 1 N–H and O–H groups in total. The molecule has 3 saturated heterocycles. The van der Waals surface area contributed by atoms with E-state index in [1.807, 2.05) is 12.1 Å². The quantitative estimate of drug-likeness (QED) is 0.751. The topological polar surface area (TPSA) is 114 Å². The van der Waals surface area contributed by atoms with Crippen LogP contribution in [0.4, 0.5) is 5.69 Å². The van der Waals surface area contributed by atoms with Gasteiger partial charge in [-0.25, -0.2) is 4.90 Å². The van der Waals surface area contributed by atoms with E-state index in [0.717, 1.165) is 0 Å². The highest BCUT2D eigenvalue weighted by molar-refractivity contribution is 6.26. The Morgan fingerprint density at radius 1 is 1.00 bits per heavy atom. The summed E-state index contributed by atoms with van der Waals surface area (Å²) >= 11 is 0. The lowest BCUT2D eigenvalue weighted by molar-refractivity contribution is -0.132. The number of aliphatic hydroxyl groups is 1. The van der Waals surface area contributed by atoms with E-state index in [0.29, 0.717) is 41.3 Å². The molecule has 31 heavy (non-hydrogen) atoms. The van der Waals surface area contributed by atoms with Gasteiger partial charge in [-0.15, -0.1) is 0 Å². The first kappa shape index (κ1) is 19.7. The Labute approximate surface area is 179 Å². The van der Waals surface area contributed by atoms with Crippen LogP contribution in [0, 0.1) is 34.5 Å². The second-order valence-electron chi connectivity index (χ2n) is 8.62. The first-order chi connectivity index (χ1) is 15.0. The van der Waals surface area contributed by atoms with Crippen molar-refractivity contribution in [2.24, 2.45) is 11.8 Å². The average Bonchev–Trinajstić information content (AvgIpc) is 3.38. The molecule has 0 radical (unpaired) electrons. The van der Waals surface area contributed by atoms with Crippen LogP contribution in [0.25, 0.3) is 10.8 Å². The fraction of sp³-hybridized carbons (Fsp3) is 0.417. The molecule has 0 saturated carbocycles. The summed E-state index contributed by atoms with van der Waals surface area (Å²) in [4.78, 5) is 28.7. The largest absolute Gasteiger partial charge is 0.396 e. The summed E-state index contributed by atoms with van der Waals surface area (Å²) in [5, 5.41) is 29.6. The molecule has 3 aliphatic rings. The van der Waals surface area contributed by atoms with E-state index in [-0.39, 0.29) is 31.3 Å². The molecule has 2 amide bonds. The number of amides is 2. The Hall–Kier alpha value is -3.26. The highest BCUT2D eigenvalue weighted by Gasteiger charge is 2.74. The summed E-state index contributed by atoms with van der Waals surface area (Å²) in [6.45, 7) is -0.140. The molecule has 3 fully saturated rings. The maximum absolute atomic E-state index is 13.7. The Kier molecular flexibility index (Phi) is 4.37. The number of imide groups is 1. The van der Waals surface area contributed by atoms with Gasteiger partial charge < -0.3 is 9.84 Å². The third-order valence-electron chi connectivity index (χ3n) is 7.28. The van der Waals surface area contributed by atoms with E-state index >= 15 is 0 Å². The Morgan fingerprint density at radius 2 is 1.65 bits per heavy atom. The first-order valence-corrected chi connectivity index (χ1v) is 10.5. The van der Waals surface area contributed by atoms with E-state index in [2.05, 4.69) is 12.1 Å². The lowest BCUT2D eigenvalue weighted by atomic mass is 9.65. The SMILES string of the molecule is N#CCC[C@]12CCC(CCO)(O1)C1C(=O)N(c3ccc(C#N)c4ccccc34)C(=O)[C@@H]12. The van der Waals surface area contributed by atoms with Gasteiger partial charge in [-0.3, -0.25) is 9.59 Å². The Balaban J connectivity index is 1.65. The van der Waals surface area contributed by atoms with Crippen molar-refractivity contribution in [3.05, 3.63) is 42.0 Å². The number of hydrogen-bond acceptors (Lipinski definition) is 6. The molecule has 3 heterocycles. The number of nitriles is 2. The zero-order valence-electron chi connectivity index (χ0n) is 16.9. The van der Waals surface area contributed by atoms with Crippen LogP contribution in [-0.4, -0.2) is 34.7 Å². The number of aliphatic hydroxyl groups excluding tert-OH is 1. The molecule has 2 bridgehead atoms. The number of anilines is 1. The van der Waals surface area contributed by atoms with Gasteiger partial charge >= 0.3 is 0 Å². The molecule has 2 aromatic carbocycles. The van der Waals surface area contributed by atoms with Gasteiger partial charge in [-0.2, -0.15) is 10.5 Å². The first-order valence-electron chi connectivity index (χ1n) is 10.5. The molecule has 4 atom stereocenters. The lowest BCUT2D eigenvalue weighted by Crippen LogP contribution is -2.43. The van der Waals surface area contributed by atoms with E-state index in [1.165, 1.54) is 4.90 Å². The number of fused-ring (bicyclic) bond motifs is 6. The second kappa shape index (κ2) is 6.88. The molecular formula is C24H21N3O4. The van der Waals surface area contributed by atoms with Gasteiger partial charge in [0.05, 0.1) is 46.4 Å². The number of carbonyl (C=O) groups is 2. The van der Waals surface area contributed by atoms with Crippen molar-refractivity contribution in [3.8, 4) is 12.1 Å². The molecule has 156 valence electrons. The lowest BCUT2D eigenvalue weighted by Gasteiger charge is -2.31. The average molecular weight is 415 g/mol. The zero-order valence-corrected chi connectivity index (χ0v) is 16.9. The fourth-order valence-corrected chi connectivity index (χ4v) is 6.03. The number of rotatable bonds is 5. The number of carbonyl (C=O) groups excluding carboxylic acids is 2. The fourth-order valence-electron chi connectivity index (χ4n) is 6.03. The van der Waals surface area contributed by atoms with Crippen molar-refractivity contribution in [2.45, 2.75) is 43.3 Å². The highest BCUT2D eigenvalue weighted by atomic mass is 16.5. The molecule has 0 spiro atoms. The normalized spacial score (nSPS) is 31.1. The summed E-state index contributed by atoms with van der Waals surface area (Å²) in [5.74, 6) is -1.98. The van der Waals surface area contributed by atoms with Crippen molar-refractivity contribution < 1.29 is 19.4 Å². The van der Waals surface area contributed by atoms with E-state index in [1.54, 1.807) is 24.3 Å². The third-order valence-corrected chi connectivity index (χ3v) is 7.28. The monoisotopic (exact) mass is 415 g/mol. The van der Waals surface area contributed by atoms with E-state index < -0.39 is 23.0 Å². The van der Waals surface area contributed by atoms with Gasteiger partial charge in [0.15, 0.2) is 0 Å². The maximum Gasteiger partial charge on any atom is 0.240 e. The minimum atomic E-state index is -0.876. The summed E-state index contributed by atoms with van der Waals surface area (Å²) in [6.07, 6.45) is 2.08. The van der Waals surface area contributed by atoms with Crippen molar-refractivity contribution >= 4 is 28.3 Å². The van der Waals surface area contributed by atoms with Crippen LogP contribution in [0.15, 0.2) is 36.4 Å². The minimum Gasteiger partial charge on any atom is -0.396 e. The number of hydrogen-bond donors (Lipinski definition) is 1. The predicted octanol–water partition coefficient (Wildman–Crippen LogP) is 2.80. The van der Waals surface area contributed by atoms with Crippen LogP contribution in [-0.2, 0) is 14.3 Å². The third kappa shape index (κ3) is 2.51. The van der Waals surface area contributed by atoms with Gasteiger partial charge in [-0.05, 0) is 31.4 Å². The van der Waals surface area contributed by atoms with Gasteiger partial charge in [0.2, 0.25) is 11.8 Å². The molecule has 0 aromatic heterocycles. The summed E-state index contributed by atoms with van der Waals surface area (Å²) in [6, 6.07) is 14.8. The van der Waals surface area contributed by atoms with E-state index in [9.17, 15) is 20.0 Å². The van der Waals surface area contributed by atoms with Gasteiger partial charge in [0, 0.05) is 30.2 Å². The van der Waals surface area contributed by atoms with Gasteiger partial charge in [-0.1, -0.05) is 24.3 Å². The molecule has 5 rings (SSSR count). The van der Waals surface area contributed by atoms with Crippen molar-refractivity contribution in [3.63, 3.8) is 0 Å². The molecule has 2 aromatic rings. The van der Waals surface area contributed by atoms with Crippen LogP contribution in [0.2, 0.25) is 0 Å². The molecule has 2 unspecified atom stereocenters. The summed E-state index contributed by atoms with van der Waals surface area (Å²) in [7, 11) is 0. The van der Waals surface area contributed by atoms with Crippen LogP contribution in [0.1, 0.15) is 37.7 Å². The van der Waals surface area contributed by atoms with Crippen molar-refractivity contribution in [2.75, 3.05) is 11.5 Å². The number of nitrogens with zero attached hydrogens (tertiary/aromatic N) is 3. The zero-order chi connectivity index (χ0) is 21.8.